The van der Waals surface area contributed by atoms with Gasteiger partial charge >= 0.3 is 12.1 Å². The van der Waals surface area contributed by atoms with E-state index >= 15 is 0 Å². The van der Waals surface area contributed by atoms with E-state index < -0.39 is 23.8 Å². The number of anilines is 1. The number of hydrogen-bond acceptors (Lipinski definition) is 6. The molecule has 9 nitrogen and oxygen atoms in total. The Labute approximate surface area is 170 Å². The van der Waals surface area contributed by atoms with Crippen molar-refractivity contribution in [3.63, 3.8) is 0 Å². The zero-order valence-electron chi connectivity index (χ0n) is 15.7. The van der Waals surface area contributed by atoms with Crippen LogP contribution in [0.1, 0.15) is 18.7 Å². The summed E-state index contributed by atoms with van der Waals surface area (Å²) in [4.78, 5) is 33.7. The fourth-order valence-electron chi connectivity index (χ4n) is 3.15. The zero-order valence-corrected chi connectivity index (χ0v) is 16.4. The summed E-state index contributed by atoms with van der Waals surface area (Å²) in [5.41, 5.74) is 0.318. The van der Waals surface area contributed by atoms with E-state index in [1.54, 1.807) is 14.0 Å². The van der Waals surface area contributed by atoms with Crippen molar-refractivity contribution in [1.82, 2.24) is 19.6 Å². The molecule has 2 aliphatic rings. The van der Waals surface area contributed by atoms with Crippen molar-refractivity contribution >= 4 is 35.8 Å². The summed E-state index contributed by atoms with van der Waals surface area (Å²) in [5.74, 6) is -1.48. The molecule has 1 aliphatic carbocycles. The average Bonchev–Trinajstić information content (AvgIpc) is 3.37. The summed E-state index contributed by atoms with van der Waals surface area (Å²) >= 11 is 5.76. The van der Waals surface area contributed by atoms with Crippen LogP contribution in [-0.4, -0.2) is 50.9 Å². The highest BCUT2D eigenvalue weighted by atomic mass is 35.5. The second-order valence-electron chi connectivity index (χ2n) is 6.82. The maximum absolute atomic E-state index is 13.3. The number of urea groups is 1. The van der Waals surface area contributed by atoms with Gasteiger partial charge in [-0.25, -0.2) is 33.5 Å². The largest absolute Gasteiger partial charge is 0.422 e. The summed E-state index contributed by atoms with van der Waals surface area (Å²) in [5, 5.41) is 5.17. The molecule has 1 aliphatic heterocycles. The fourth-order valence-corrected chi connectivity index (χ4v) is 3.33. The molecule has 1 aromatic carbocycles. The minimum absolute atomic E-state index is 0.0467. The lowest BCUT2D eigenvalue weighted by Crippen LogP contribution is -2.55. The summed E-state index contributed by atoms with van der Waals surface area (Å²) in [7, 11) is 1.61. The molecule has 1 unspecified atom stereocenters. The highest BCUT2D eigenvalue weighted by Crippen LogP contribution is 2.47. The maximum Gasteiger partial charge on any atom is 0.422 e. The molecule has 2 amide bonds. The summed E-state index contributed by atoms with van der Waals surface area (Å²) in [6.45, 7) is 1.68. The Kier molecular flexibility index (Phi) is 4.75. The Balaban J connectivity index is 1.52. The van der Waals surface area contributed by atoms with Crippen LogP contribution in [0.4, 0.5) is 19.7 Å². The van der Waals surface area contributed by atoms with Crippen LogP contribution in [0.5, 0.6) is 0 Å². The summed E-state index contributed by atoms with van der Waals surface area (Å²) in [6.07, 6.45) is 5.27. The van der Waals surface area contributed by atoms with Gasteiger partial charge in [-0.1, -0.05) is 11.6 Å². The van der Waals surface area contributed by atoms with Crippen molar-refractivity contribution in [1.29, 1.82) is 0 Å². The molecule has 2 aromatic rings. The molecule has 2 heterocycles. The first-order chi connectivity index (χ1) is 13.8. The van der Waals surface area contributed by atoms with Gasteiger partial charge in [0.25, 0.3) is 5.85 Å². The second kappa shape index (κ2) is 7.12. The van der Waals surface area contributed by atoms with Crippen LogP contribution in [0.3, 0.4) is 0 Å². The third-order valence-electron chi connectivity index (χ3n) is 4.89. The van der Waals surface area contributed by atoms with Crippen LogP contribution in [0, 0.1) is 18.7 Å². The molecule has 1 aromatic heterocycles. The van der Waals surface area contributed by atoms with Gasteiger partial charge in [-0.2, -0.15) is 5.01 Å². The van der Waals surface area contributed by atoms with E-state index in [1.807, 2.05) is 0 Å². The molecule has 0 radical (unpaired) electrons. The van der Waals surface area contributed by atoms with E-state index in [0.717, 1.165) is 18.9 Å². The Morgan fingerprint density at radius 2 is 2.14 bits per heavy atom. The Hall–Kier alpha value is -2.98. The predicted molar refractivity (Wildman–Crippen MR) is 103 cm³/mol. The highest BCUT2D eigenvalue weighted by molar-refractivity contribution is 6.31. The smallest absolute Gasteiger partial charge is 0.404 e. The van der Waals surface area contributed by atoms with Gasteiger partial charge in [-0.3, -0.25) is 0 Å². The molecular weight excluding hydrogens is 403 g/mol. The maximum atomic E-state index is 13.3. The number of aliphatic imine (C=N–C) groups is 1. The van der Waals surface area contributed by atoms with E-state index in [-0.39, 0.29) is 10.9 Å². The first kappa shape index (κ1) is 19.3. The standard InChI is InChI=1S/C18H18ClFN6O3/c1-11-21-7-8-25(11)17(28)29-18(12-3-4-12)22-10-26(24(18)2)16(27)23-13-5-6-15(20)14(19)9-13/h5-10,12H,3-4H2,1-2H3,(H,23,27). The van der Waals surface area contributed by atoms with Crippen molar-refractivity contribution in [2.24, 2.45) is 10.9 Å². The number of nitrogens with one attached hydrogen (secondary N) is 1. The van der Waals surface area contributed by atoms with Crippen LogP contribution < -0.4 is 5.32 Å². The third kappa shape index (κ3) is 3.45. The number of rotatable bonds is 3. The van der Waals surface area contributed by atoms with Gasteiger partial charge in [0.1, 0.15) is 18.0 Å². The van der Waals surface area contributed by atoms with Crippen LogP contribution in [-0.2, 0) is 4.74 Å². The Bertz CT molecular complexity index is 1010. The van der Waals surface area contributed by atoms with Gasteiger partial charge in [0, 0.05) is 31.0 Å². The zero-order chi connectivity index (χ0) is 20.8. The minimum Gasteiger partial charge on any atom is -0.404 e. The van der Waals surface area contributed by atoms with Gasteiger partial charge in [0.15, 0.2) is 0 Å². The SMILES string of the molecule is Cc1nccn1C(=O)OC1(C2CC2)N=CN(C(=O)Nc2ccc(F)c(Cl)c2)N1C. The highest BCUT2D eigenvalue weighted by Gasteiger charge is 2.57. The molecule has 1 fully saturated rings. The molecule has 11 heteroatoms. The van der Waals surface area contributed by atoms with E-state index in [0.29, 0.717) is 11.5 Å². The van der Waals surface area contributed by atoms with Crippen LogP contribution in [0.25, 0.3) is 0 Å². The van der Waals surface area contributed by atoms with Crippen molar-refractivity contribution in [3.8, 4) is 0 Å². The molecule has 29 heavy (non-hydrogen) atoms. The third-order valence-corrected chi connectivity index (χ3v) is 5.18. The number of carbonyl (C=O) groups excluding carboxylic acids is 2. The number of hydrazine groups is 1. The number of hydrogen-bond donors (Lipinski definition) is 1. The lowest BCUT2D eigenvalue weighted by atomic mass is 10.2. The predicted octanol–water partition coefficient (Wildman–Crippen LogP) is 3.46. The summed E-state index contributed by atoms with van der Waals surface area (Å²) < 4.78 is 20.3. The lowest BCUT2D eigenvalue weighted by Gasteiger charge is -2.35. The first-order valence-corrected chi connectivity index (χ1v) is 9.27. The van der Waals surface area contributed by atoms with Crippen molar-refractivity contribution in [2.45, 2.75) is 25.6 Å². The number of carbonyl (C=O) groups is 2. The molecule has 4 rings (SSSR count). The van der Waals surface area contributed by atoms with E-state index in [1.165, 1.54) is 45.4 Å². The van der Waals surface area contributed by atoms with Gasteiger partial charge < -0.3 is 10.1 Å². The molecule has 152 valence electrons. The topological polar surface area (TPSA) is 92.1 Å². The van der Waals surface area contributed by atoms with Crippen LogP contribution in [0.15, 0.2) is 35.6 Å². The fraction of sp³-hybridized carbons (Fsp3) is 0.333. The van der Waals surface area contributed by atoms with E-state index in [9.17, 15) is 14.0 Å². The monoisotopic (exact) mass is 420 g/mol. The number of nitrogens with zero attached hydrogens (tertiary/aromatic N) is 5. The number of amides is 2. The van der Waals surface area contributed by atoms with Gasteiger partial charge in [-0.15, -0.1) is 0 Å². The van der Waals surface area contributed by atoms with Gasteiger partial charge in [0.2, 0.25) is 0 Å². The molecule has 1 N–H and O–H groups in total. The number of benzene rings is 1. The number of halogens is 2. The average molecular weight is 421 g/mol. The van der Waals surface area contributed by atoms with Crippen LogP contribution in [0.2, 0.25) is 5.02 Å². The molecule has 0 saturated heterocycles. The normalized spacial score (nSPS) is 21.4. The molecule has 1 atom stereocenters. The van der Waals surface area contributed by atoms with Gasteiger partial charge in [-0.05, 0) is 38.0 Å². The van der Waals surface area contributed by atoms with E-state index in [4.69, 9.17) is 16.3 Å². The number of ether oxygens (including phenoxy) is 1. The van der Waals surface area contributed by atoms with E-state index in [2.05, 4.69) is 15.3 Å². The second-order valence-corrected chi connectivity index (χ2v) is 7.22. The molecular formula is C18H18ClFN6O3. The number of aryl methyl sites for hydroxylation is 1. The lowest BCUT2D eigenvalue weighted by molar-refractivity contribution is -0.146. The summed E-state index contributed by atoms with van der Waals surface area (Å²) in [6, 6.07) is 3.29. The molecule has 0 spiro atoms. The minimum atomic E-state index is -1.33. The molecule has 0 bridgehead atoms. The van der Waals surface area contributed by atoms with Crippen molar-refractivity contribution < 1.29 is 18.7 Å². The van der Waals surface area contributed by atoms with Crippen LogP contribution >= 0.6 is 11.6 Å². The van der Waals surface area contributed by atoms with Crippen molar-refractivity contribution in [2.75, 3.05) is 12.4 Å². The van der Waals surface area contributed by atoms with Crippen molar-refractivity contribution in [3.05, 3.63) is 47.3 Å². The number of aromatic nitrogens is 2. The quantitative estimate of drug-likeness (QED) is 0.821. The number of imidazole rings is 1. The Morgan fingerprint density at radius 1 is 1.38 bits per heavy atom. The van der Waals surface area contributed by atoms with Gasteiger partial charge in [0.05, 0.1) is 5.02 Å². The molecule has 1 saturated carbocycles. The Morgan fingerprint density at radius 3 is 2.76 bits per heavy atom. The first-order valence-electron chi connectivity index (χ1n) is 8.89.